The van der Waals surface area contributed by atoms with E-state index in [0.29, 0.717) is 22.6 Å². The fourth-order valence-electron chi connectivity index (χ4n) is 4.38. The Kier molecular flexibility index (Phi) is 7.65. The highest BCUT2D eigenvalue weighted by atomic mass is 35.5. The number of hydrogen-bond donors (Lipinski definition) is 1. The lowest BCUT2D eigenvalue weighted by Crippen LogP contribution is -2.43. The lowest BCUT2D eigenvalue weighted by Gasteiger charge is -2.36. The van der Waals surface area contributed by atoms with Crippen molar-refractivity contribution in [1.29, 1.82) is 0 Å². The van der Waals surface area contributed by atoms with Gasteiger partial charge in [-0.15, -0.1) is 0 Å². The van der Waals surface area contributed by atoms with E-state index in [1.165, 1.54) is 22.5 Å². The number of hydrogen-bond acceptors (Lipinski definition) is 5. The van der Waals surface area contributed by atoms with Crippen LogP contribution in [0.2, 0.25) is 5.02 Å². The molecule has 0 aromatic heterocycles. The molecule has 1 atom stereocenters. The van der Waals surface area contributed by atoms with Crippen LogP contribution in [0.25, 0.3) is 11.1 Å². The van der Waals surface area contributed by atoms with Crippen molar-refractivity contribution in [2.75, 3.05) is 10.8 Å². The minimum absolute atomic E-state index is 0.000628. The monoisotopic (exact) mass is 545 g/mol. The van der Waals surface area contributed by atoms with Gasteiger partial charge in [-0.1, -0.05) is 41.9 Å². The second kappa shape index (κ2) is 10.4. The molecule has 0 saturated heterocycles. The number of ether oxygens (including phenoxy) is 1. The van der Waals surface area contributed by atoms with Crippen molar-refractivity contribution in [3.05, 3.63) is 77.1 Å². The third kappa shape index (κ3) is 6.14. The molecule has 1 aliphatic rings. The Hall–Kier alpha value is -2.94. The number of anilines is 1. The largest absolute Gasteiger partial charge is 0.486 e. The van der Waals surface area contributed by atoms with Gasteiger partial charge in [-0.3, -0.25) is 9.10 Å². The first-order chi connectivity index (χ1) is 17.3. The Morgan fingerprint density at radius 3 is 2.59 bits per heavy atom. The molecular weight excluding hydrogens is 517 g/mol. The summed E-state index contributed by atoms with van der Waals surface area (Å²) in [6.07, 6.45) is -0.161. The van der Waals surface area contributed by atoms with Crippen LogP contribution in [-0.4, -0.2) is 37.6 Å². The van der Waals surface area contributed by atoms with E-state index in [2.05, 4.69) is 0 Å². The van der Waals surface area contributed by atoms with E-state index in [9.17, 15) is 22.7 Å². The number of carbonyl (C=O) groups is 1. The van der Waals surface area contributed by atoms with Gasteiger partial charge in [-0.05, 0) is 68.7 Å². The maximum absolute atomic E-state index is 14.1. The van der Waals surface area contributed by atoms with Crippen molar-refractivity contribution in [2.24, 2.45) is 0 Å². The second-order valence-corrected chi connectivity index (χ2v) is 12.2. The van der Waals surface area contributed by atoms with Gasteiger partial charge < -0.3 is 9.84 Å². The summed E-state index contributed by atoms with van der Waals surface area (Å²) < 4.78 is 49.2. The molecule has 0 bridgehead atoms. The van der Waals surface area contributed by atoms with Gasteiger partial charge in [0.1, 0.15) is 23.5 Å². The van der Waals surface area contributed by atoms with Crippen LogP contribution in [0.4, 0.5) is 10.1 Å². The lowest BCUT2D eigenvalue weighted by atomic mass is 9.98. The minimum Gasteiger partial charge on any atom is -0.486 e. The molecule has 0 spiro atoms. The lowest BCUT2D eigenvalue weighted by molar-refractivity contribution is -0.123. The average Bonchev–Trinajstić information content (AvgIpc) is 2.82. The number of benzene rings is 3. The van der Waals surface area contributed by atoms with E-state index in [-0.39, 0.29) is 41.5 Å². The van der Waals surface area contributed by atoms with Crippen molar-refractivity contribution in [2.45, 2.75) is 56.6 Å². The zero-order valence-electron chi connectivity index (χ0n) is 20.9. The molecule has 6 nitrogen and oxygen atoms in total. The number of halogens is 2. The van der Waals surface area contributed by atoms with Gasteiger partial charge in [0.2, 0.25) is 0 Å². The third-order valence-corrected chi connectivity index (χ3v) is 8.27. The van der Waals surface area contributed by atoms with Gasteiger partial charge in [-0.2, -0.15) is 0 Å². The smallest absolute Gasteiger partial charge is 0.264 e. The molecule has 1 N–H and O–H groups in total. The summed E-state index contributed by atoms with van der Waals surface area (Å²) in [7, 11) is -3.99. The van der Waals surface area contributed by atoms with Gasteiger partial charge in [0.25, 0.3) is 10.0 Å². The number of aryl methyl sites for hydroxylation is 1. The molecule has 0 amide bonds. The SMILES string of the molecule is Cc1cccc(S(=O)(=O)N2C[C@H](CCC(=O)CC(C)(C)O)Oc3ccc(-c4cccc(F)c4Cl)cc32)c1. The third-order valence-electron chi connectivity index (χ3n) is 6.11. The molecule has 4 rings (SSSR count). The molecule has 0 fully saturated rings. The summed E-state index contributed by atoms with van der Waals surface area (Å²) in [4.78, 5) is 12.5. The molecular formula is C28H29ClFNO5S. The van der Waals surface area contributed by atoms with E-state index in [4.69, 9.17) is 16.3 Å². The van der Waals surface area contributed by atoms with Crippen LogP contribution < -0.4 is 9.04 Å². The fourth-order valence-corrected chi connectivity index (χ4v) is 6.22. The highest BCUT2D eigenvalue weighted by molar-refractivity contribution is 7.92. The molecule has 3 aromatic carbocycles. The molecule has 3 aromatic rings. The molecule has 1 aliphatic heterocycles. The van der Waals surface area contributed by atoms with Crippen molar-refractivity contribution in [3.63, 3.8) is 0 Å². The Balaban J connectivity index is 1.73. The van der Waals surface area contributed by atoms with Crippen molar-refractivity contribution in [1.82, 2.24) is 0 Å². The molecule has 1 heterocycles. The number of aliphatic hydroxyl groups is 1. The zero-order chi connectivity index (χ0) is 27.0. The molecule has 0 unspecified atom stereocenters. The summed E-state index contributed by atoms with van der Waals surface area (Å²) in [5.41, 5.74) is 0.945. The van der Waals surface area contributed by atoms with Crippen LogP contribution in [-0.2, 0) is 14.8 Å². The first kappa shape index (κ1) is 27.1. The molecule has 37 heavy (non-hydrogen) atoms. The van der Waals surface area contributed by atoms with Crippen LogP contribution in [0.5, 0.6) is 5.75 Å². The standard InChI is InChI=1S/C28H29ClFNO5S/c1-18-6-4-7-22(14-18)37(34,35)31-17-21(12-11-20(32)16-28(2,3)33)36-26-13-10-19(15-25(26)31)23-8-5-9-24(30)27(23)29/h4-10,13-15,21,33H,11-12,16-17H2,1-3H3/t21-/m0/s1. The molecule has 0 saturated carbocycles. The Morgan fingerprint density at radius 2 is 1.89 bits per heavy atom. The van der Waals surface area contributed by atoms with Gasteiger partial charge in [0.05, 0.1) is 27.8 Å². The molecule has 0 aliphatic carbocycles. The van der Waals surface area contributed by atoms with Crippen molar-refractivity contribution < 1.29 is 27.4 Å². The number of fused-ring (bicyclic) bond motifs is 1. The summed E-state index contributed by atoms with van der Waals surface area (Å²) in [5.74, 6) is -0.377. The van der Waals surface area contributed by atoms with Crippen LogP contribution in [0.1, 0.15) is 38.7 Å². The highest BCUT2D eigenvalue weighted by Crippen LogP contribution is 2.42. The van der Waals surface area contributed by atoms with Crippen molar-refractivity contribution >= 4 is 33.1 Å². The summed E-state index contributed by atoms with van der Waals surface area (Å²) in [6.45, 7) is 4.93. The Morgan fingerprint density at radius 1 is 1.16 bits per heavy atom. The Labute approximate surface area is 221 Å². The fraction of sp³-hybridized carbons (Fsp3) is 0.321. The van der Waals surface area contributed by atoms with Gasteiger partial charge >= 0.3 is 0 Å². The van der Waals surface area contributed by atoms with Crippen LogP contribution >= 0.6 is 11.6 Å². The van der Waals surface area contributed by atoms with Crippen LogP contribution in [0.15, 0.2) is 65.6 Å². The first-order valence-electron chi connectivity index (χ1n) is 11.9. The summed E-state index contributed by atoms with van der Waals surface area (Å²) in [6, 6.07) is 16.0. The minimum atomic E-state index is -3.99. The predicted octanol–water partition coefficient (Wildman–Crippen LogP) is 5.92. The second-order valence-electron chi connectivity index (χ2n) is 9.94. The predicted molar refractivity (Wildman–Crippen MR) is 142 cm³/mol. The first-order valence-corrected chi connectivity index (χ1v) is 13.8. The maximum Gasteiger partial charge on any atom is 0.264 e. The summed E-state index contributed by atoms with van der Waals surface area (Å²) in [5, 5.41) is 9.88. The quantitative estimate of drug-likeness (QED) is 0.380. The van der Waals surface area contributed by atoms with Crippen LogP contribution in [0, 0.1) is 12.7 Å². The molecule has 9 heteroatoms. The summed E-state index contributed by atoms with van der Waals surface area (Å²) >= 11 is 6.20. The van der Waals surface area contributed by atoms with Gasteiger partial charge in [0, 0.05) is 18.4 Å². The van der Waals surface area contributed by atoms with E-state index in [0.717, 1.165) is 5.56 Å². The number of nitrogens with zero attached hydrogens (tertiary/aromatic N) is 1. The van der Waals surface area contributed by atoms with Gasteiger partial charge in [-0.25, -0.2) is 12.8 Å². The van der Waals surface area contributed by atoms with E-state index in [1.807, 2.05) is 13.0 Å². The molecule has 0 radical (unpaired) electrons. The number of rotatable bonds is 8. The highest BCUT2D eigenvalue weighted by Gasteiger charge is 2.35. The maximum atomic E-state index is 14.1. The number of ketones is 1. The number of carbonyl (C=O) groups excluding carboxylic acids is 1. The molecule has 196 valence electrons. The topological polar surface area (TPSA) is 83.9 Å². The van der Waals surface area contributed by atoms with Crippen LogP contribution in [0.3, 0.4) is 0 Å². The zero-order valence-corrected chi connectivity index (χ0v) is 22.4. The average molecular weight is 546 g/mol. The van der Waals surface area contributed by atoms with Gasteiger partial charge in [0.15, 0.2) is 0 Å². The Bertz CT molecular complexity index is 1430. The van der Waals surface area contributed by atoms with Crippen molar-refractivity contribution in [3.8, 4) is 16.9 Å². The van der Waals surface area contributed by atoms with E-state index < -0.39 is 27.5 Å². The van der Waals surface area contributed by atoms with E-state index in [1.54, 1.807) is 50.2 Å². The normalized spacial score (nSPS) is 15.7. The number of Topliss-reactive ketones (excluding diaryl/α,β-unsaturated/α-hetero) is 1. The number of sulfonamides is 1. The van der Waals surface area contributed by atoms with E-state index >= 15 is 0 Å².